The summed E-state index contributed by atoms with van der Waals surface area (Å²) in [5, 5.41) is 26.3. The Morgan fingerprint density at radius 3 is 2.45 bits per heavy atom. The Balaban J connectivity index is 1.25. The lowest BCUT2D eigenvalue weighted by Gasteiger charge is -2.20. The van der Waals surface area contributed by atoms with Gasteiger partial charge in [0, 0.05) is 17.7 Å². The van der Waals surface area contributed by atoms with Crippen molar-refractivity contribution in [3.63, 3.8) is 0 Å². The zero-order chi connectivity index (χ0) is 28.2. The van der Waals surface area contributed by atoms with Gasteiger partial charge in [0.05, 0.1) is 17.6 Å². The molecule has 202 valence electrons. The van der Waals surface area contributed by atoms with Crippen molar-refractivity contribution in [3.05, 3.63) is 99.1 Å². The van der Waals surface area contributed by atoms with Crippen LogP contribution in [0.1, 0.15) is 16.7 Å². The Labute approximate surface area is 233 Å². The van der Waals surface area contributed by atoms with Crippen LogP contribution in [0.5, 0.6) is 17.2 Å². The zero-order valence-electron chi connectivity index (χ0n) is 21.5. The van der Waals surface area contributed by atoms with Gasteiger partial charge in [0.1, 0.15) is 24.0 Å². The molecule has 12 heteroatoms. The van der Waals surface area contributed by atoms with Crippen molar-refractivity contribution < 1.29 is 23.9 Å². The van der Waals surface area contributed by atoms with Crippen LogP contribution in [-0.4, -0.2) is 52.2 Å². The van der Waals surface area contributed by atoms with Crippen molar-refractivity contribution in [1.82, 2.24) is 5.01 Å². The highest BCUT2D eigenvalue weighted by molar-refractivity contribution is 8.27. The van der Waals surface area contributed by atoms with E-state index in [2.05, 4.69) is 10.1 Å². The number of nitro benzene ring substituents is 1. The molecule has 11 nitrogen and oxygen atoms in total. The van der Waals surface area contributed by atoms with Crippen LogP contribution >= 0.6 is 11.8 Å². The molecule has 2 heterocycles. The van der Waals surface area contributed by atoms with Gasteiger partial charge in [0.2, 0.25) is 5.17 Å². The van der Waals surface area contributed by atoms with Gasteiger partial charge in [-0.15, -0.1) is 0 Å². The quantitative estimate of drug-likeness (QED) is 0.167. The molecule has 0 atom stereocenters. The number of aryl methyl sites for hydroxylation is 1. The highest BCUT2D eigenvalue weighted by atomic mass is 32.2. The molecule has 0 radical (unpaired) electrons. The molecule has 0 saturated carbocycles. The second kappa shape index (κ2) is 11.4. The molecule has 0 unspecified atom stereocenters. The Bertz CT molecular complexity index is 1580. The third-order valence-electron chi connectivity index (χ3n) is 5.91. The van der Waals surface area contributed by atoms with Gasteiger partial charge in [-0.05, 0) is 54.6 Å². The predicted molar refractivity (Wildman–Crippen MR) is 152 cm³/mol. The lowest BCUT2D eigenvalue weighted by atomic mass is 10.1. The van der Waals surface area contributed by atoms with E-state index in [9.17, 15) is 14.9 Å². The molecule has 3 aromatic rings. The topological polar surface area (TPSA) is 140 Å². The number of hydrogen-bond donors (Lipinski definition) is 1. The van der Waals surface area contributed by atoms with Crippen molar-refractivity contribution in [2.45, 2.75) is 6.92 Å². The first-order valence-corrected chi connectivity index (χ1v) is 12.9. The maximum absolute atomic E-state index is 12.8. The Hall–Kier alpha value is -4.97. The van der Waals surface area contributed by atoms with Crippen molar-refractivity contribution in [2.24, 2.45) is 10.1 Å². The minimum absolute atomic E-state index is 0.0141. The standard InChI is InChI=1S/C28H23N5O6S/c1-17-3-6-19(7-4-17)27-31-32-25(29)22(26(34)30-28(32)40-27)15-18-5-12-23(24(16-18)37-2)39-14-13-38-21-10-8-20(9-11-21)33(35)36/h3-12,15-16,29H,13-14H2,1-2H3. The van der Waals surface area contributed by atoms with Crippen LogP contribution in [0.3, 0.4) is 0 Å². The minimum Gasteiger partial charge on any atom is -0.493 e. The van der Waals surface area contributed by atoms with Crippen LogP contribution in [0.25, 0.3) is 6.08 Å². The zero-order valence-corrected chi connectivity index (χ0v) is 22.3. The van der Waals surface area contributed by atoms with Crippen molar-refractivity contribution in [3.8, 4) is 17.2 Å². The Morgan fingerprint density at radius 2 is 1.75 bits per heavy atom. The number of hydrogen-bond acceptors (Lipinski definition) is 9. The molecule has 40 heavy (non-hydrogen) atoms. The van der Waals surface area contributed by atoms with Gasteiger partial charge in [0.15, 0.2) is 17.3 Å². The number of carbonyl (C=O) groups is 1. The van der Waals surface area contributed by atoms with E-state index in [1.54, 1.807) is 24.3 Å². The second-order valence-corrected chi connectivity index (χ2v) is 9.61. The Kier molecular flexibility index (Phi) is 7.60. The van der Waals surface area contributed by atoms with E-state index in [0.29, 0.717) is 33.0 Å². The molecular formula is C28H23N5O6S. The molecule has 0 bridgehead atoms. The second-order valence-electron chi connectivity index (χ2n) is 8.65. The number of aliphatic imine (C=N–C) groups is 1. The number of thioether (sulfide) groups is 1. The number of nitrogens with zero attached hydrogens (tertiary/aromatic N) is 4. The van der Waals surface area contributed by atoms with Crippen LogP contribution in [0.15, 0.2) is 82.4 Å². The van der Waals surface area contributed by atoms with Gasteiger partial charge >= 0.3 is 0 Å². The summed E-state index contributed by atoms with van der Waals surface area (Å²) < 4.78 is 16.8. The van der Waals surface area contributed by atoms with Crippen molar-refractivity contribution in [2.75, 3.05) is 20.3 Å². The van der Waals surface area contributed by atoms with Crippen molar-refractivity contribution in [1.29, 1.82) is 5.41 Å². The smallest absolute Gasteiger partial charge is 0.283 e. The summed E-state index contributed by atoms with van der Waals surface area (Å²) in [5.41, 5.74) is 2.72. The predicted octanol–water partition coefficient (Wildman–Crippen LogP) is 5.04. The molecule has 3 aromatic carbocycles. The first kappa shape index (κ1) is 26.6. The number of non-ortho nitro benzene ring substituents is 1. The third kappa shape index (κ3) is 5.71. The van der Waals surface area contributed by atoms with Gasteiger partial charge in [-0.3, -0.25) is 20.3 Å². The summed E-state index contributed by atoms with van der Waals surface area (Å²) in [6.07, 6.45) is 1.57. The fraction of sp³-hybridized carbons (Fsp3) is 0.143. The summed E-state index contributed by atoms with van der Waals surface area (Å²) in [4.78, 5) is 27.3. The minimum atomic E-state index is -0.521. The summed E-state index contributed by atoms with van der Waals surface area (Å²) >= 11 is 1.25. The summed E-state index contributed by atoms with van der Waals surface area (Å²) in [6.45, 7) is 2.40. The first-order valence-electron chi connectivity index (χ1n) is 12.1. The Morgan fingerprint density at radius 1 is 1.02 bits per heavy atom. The molecule has 0 fully saturated rings. The van der Waals surface area contributed by atoms with Gasteiger partial charge in [-0.25, -0.2) is 0 Å². The molecule has 0 saturated heterocycles. The monoisotopic (exact) mass is 557 g/mol. The average molecular weight is 558 g/mol. The summed E-state index contributed by atoms with van der Waals surface area (Å²) in [7, 11) is 1.50. The lowest BCUT2D eigenvalue weighted by molar-refractivity contribution is -0.384. The molecule has 2 aliphatic heterocycles. The number of methoxy groups -OCH3 is 1. The molecule has 2 aliphatic rings. The van der Waals surface area contributed by atoms with E-state index >= 15 is 0 Å². The number of rotatable bonds is 9. The highest BCUT2D eigenvalue weighted by Crippen LogP contribution is 2.33. The number of nitro groups is 1. The van der Waals surface area contributed by atoms with E-state index in [1.807, 2.05) is 31.2 Å². The third-order valence-corrected chi connectivity index (χ3v) is 6.87. The van der Waals surface area contributed by atoms with E-state index in [4.69, 9.17) is 19.6 Å². The molecule has 1 N–H and O–H groups in total. The van der Waals surface area contributed by atoms with Crippen LogP contribution in [0.4, 0.5) is 5.69 Å². The van der Waals surface area contributed by atoms with E-state index in [0.717, 1.165) is 11.1 Å². The maximum Gasteiger partial charge on any atom is 0.283 e. The highest BCUT2D eigenvalue weighted by Gasteiger charge is 2.36. The van der Waals surface area contributed by atoms with Gasteiger partial charge in [-0.2, -0.15) is 15.1 Å². The number of amides is 1. The lowest BCUT2D eigenvalue weighted by Crippen LogP contribution is -2.35. The van der Waals surface area contributed by atoms with Crippen LogP contribution in [0.2, 0.25) is 0 Å². The number of ether oxygens (including phenoxy) is 3. The molecule has 5 rings (SSSR count). The largest absolute Gasteiger partial charge is 0.493 e. The molecule has 0 aromatic heterocycles. The van der Waals surface area contributed by atoms with Crippen molar-refractivity contribution >= 4 is 45.5 Å². The van der Waals surface area contributed by atoms with Gasteiger partial charge < -0.3 is 14.2 Å². The SMILES string of the molecule is COc1cc(C=C2C(=N)N3N=C(c4ccc(C)cc4)SC3=NC2=O)ccc1OCCOc1ccc([N+](=O)[O-])cc1. The number of nitrogens with one attached hydrogen (secondary N) is 1. The molecular weight excluding hydrogens is 534 g/mol. The van der Waals surface area contributed by atoms with Crippen LogP contribution in [-0.2, 0) is 4.79 Å². The van der Waals surface area contributed by atoms with E-state index in [1.165, 1.54) is 48.1 Å². The normalized spacial score (nSPS) is 15.4. The number of amidine groups is 2. The maximum atomic E-state index is 12.8. The van der Waals surface area contributed by atoms with Gasteiger partial charge in [0.25, 0.3) is 11.6 Å². The summed E-state index contributed by atoms with van der Waals surface area (Å²) in [6, 6.07) is 18.8. The van der Waals surface area contributed by atoms with Crippen LogP contribution in [0, 0.1) is 22.4 Å². The van der Waals surface area contributed by atoms with Crippen LogP contribution < -0.4 is 14.2 Å². The fourth-order valence-electron chi connectivity index (χ4n) is 3.84. The summed E-state index contributed by atoms with van der Waals surface area (Å²) in [5.74, 6) is 0.796. The van der Waals surface area contributed by atoms with E-state index in [-0.39, 0.29) is 30.3 Å². The number of hydrazone groups is 1. The van der Waals surface area contributed by atoms with E-state index < -0.39 is 10.8 Å². The molecule has 1 amide bonds. The number of carbonyl (C=O) groups excluding carboxylic acids is 1. The molecule has 0 spiro atoms. The van der Waals surface area contributed by atoms with Gasteiger partial charge in [-0.1, -0.05) is 35.9 Å². The average Bonchev–Trinajstić information content (AvgIpc) is 3.38. The molecule has 0 aliphatic carbocycles. The number of fused-ring (bicyclic) bond motifs is 1. The fourth-order valence-corrected chi connectivity index (χ4v) is 4.74. The number of benzene rings is 3. The first-order chi connectivity index (χ1) is 19.3.